The summed E-state index contributed by atoms with van der Waals surface area (Å²) in [7, 11) is -3.69. The van der Waals surface area contributed by atoms with Crippen LogP contribution in [0.1, 0.15) is 0 Å². The van der Waals surface area contributed by atoms with E-state index in [2.05, 4.69) is 0 Å². The molecule has 2 fully saturated rings. The van der Waals surface area contributed by atoms with E-state index in [0.717, 1.165) is 10.6 Å². The third-order valence-corrected chi connectivity index (χ3v) is 4.95. The lowest BCUT2D eigenvalue weighted by Crippen LogP contribution is -2.54. The zero-order valence-corrected chi connectivity index (χ0v) is 14.2. The van der Waals surface area contributed by atoms with Gasteiger partial charge >= 0.3 is 5.97 Å². The number of nitrogens with zero attached hydrogens (tertiary/aromatic N) is 2. The smallest absolute Gasteiger partial charge is 0.318 e. The molecule has 2 heterocycles. The number of carbonyl (C=O) groups is 2. The van der Waals surface area contributed by atoms with Crippen molar-refractivity contribution in [2.45, 2.75) is 12.2 Å². The molecule has 0 aromatic rings. The molecule has 0 radical (unpaired) electrons. The second-order valence-corrected chi connectivity index (χ2v) is 7.64. The molecule has 0 aromatic carbocycles. The number of sulfonamides is 1. The van der Waals surface area contributed by atoms with Crippen molar-refractivity contribution >= 4 is 21.9 Å². The predicted molar refractivity (Wildman–Crippen MR) is 80.9 cm³/mol. The zero-order chi connectivity index (χ0) is 17.7. The van der Waals surface area contributed by atoms with Crippen LogP contribution < -0.4 is 0 Å². The van der Waals surface area contributed by atoms with Gasteiger partial charge < -0.3 is 24.2 Å². The summed E-state index contributed by atoms with van der Waals surface area (Å²) in [6.45, 7) is 1.00. The fourth-order valence-electron chi connectivity index (χ4n) is 2.56. The number of rotatable bonds is 6. The molecule has 2 unspecified atom stereocenters. The first-order valence-corrected chi connectivity index (χ1v) is 9.39. The van der Waals surface area contributed by atoms with Gasteiger partial charge in [0.2, 0.25) is 10.0 Å². The Balaban J connectivity index is 1.96. The number of amides is 1. The summed E-state index contributed by atoms with van der Waals surface area (Å²) in [4.78, 5) is 24.8. The summed E-state index contributed by atoms with van der Waals surface area (Å²) >= 11 is 0. The Bertz CT molecular complexity index is 560. The van der Waals surface area contributed by atoms with E-state index < -0.39 is 34.7 Å². The standard InChI is InChI=1S/C13H22N2O8S/c1-24(19,20)15(8-12(16)17)7-10-6-14(2-3-22-10)13(18)11-9-21-4-5-23-11/h10-11H,2-9H2,1H3,(H,16,17). The Morgan fingerprint density at radius 1 is 1.25 bits per heavy atom. The molecule has 1 amide bonds. The van der Waals surface area contributed by atoms with Crippen LogP contribution in [0.25, 0.3) is 0 Å². The number of carbonyl (C=O) groups excluding carboxylic acids is 1. The molecule has 0 saturated carbocycles. The highest BCUT2D eigenvalue weighted by Crippen LogP contribution is 2.13. The highest BCUT2D eigenvalue weighted by Gasteiger charge is 2.33. The van der Waals surface area contributed by atoms with Crippen LogP contribution in [0.15, 0.2) is 0 Å². The molecule has 2 aliphatic heterocycles. The van der Waals surface area contributed by atoms with Crippen LogP contribution in [0, 0.1) is 0 Å². The summed E-state index contributed by atoms with van der Waals surface area (Å²) in [5.41, 5.74) is 0. The Labute approximate surface area is 140 Å². The molecule has 2 rings (SSSR count). The fraction of sp³-hybridized carbons (Fsp3) is 0.846. The van der Waals surface area contributed by atoms with Crippen LogP contribution in [0.4, 0.5) is 0 Å². The first-order valence-electron chi connectivity index (χ1n) is 7.54. The normalized spacial score (nSPS) is 25.7. The number of hydrogen-bond donors (Lipinski definition) is 1. The number of carboxylic acid groups (broad SMARTS) is 1. The lowest BCUT2D eigenvalue weighted by Gasteiger charge is -2.37. The largest absolute Gasteiger partial charge is 0.480 e. The van der Waals surface area contributed by atoms with Gasteiger partial charge in [-0.25, -0.2) is 8.42 Å². The van der Waals surface area contributed by atoms with Gasteiger partial charge in [0.05, 0.1) is 38.8 Å². The third kappa shape index (κ3) is 5.38. The van der Waals surface area contributed by atoms with Crippen molar-refractivity contribution in [3.8, 4) is 0 Å². The highest BCUT2D eigenvalue weighted by molar-refractivity contribution is 7.88. The van der Waals surface area contributed by atoms with Gasteiger partial charge in [0.15, 0.2) is 6.10 Å². The average molecular weight is 366 g/mol. The van der Waals surface area contributed by atoms with Gasteiger partial charge in [-0.3, -0.25) is 9.59 Å². The monoisotopic (exact) mass is 366 g/mol. The van der Waals surface area contributed by atoms with E-state index >= 15 is 0 Å². The molecule has 11 heteroatoms. The van der Waals surface area contributed by atoms with Crippen molar-refractivity contribution in [2.75, 3.05) is 58.9 Å². The van der Waals surface area contributed by atoms with Gasteiger partial charge in [-0.05, 0) is 0 Å². The maximum atomic E-state index is 12.4. The highest BCUT2D eigenvalue weighted by atomic mass is 32.2. The van der Waals surface area contributed by atoms with E-state index in [9.17, 15) is 18.0 Å². The van der Waals surface area contributed by atoms with Gasteiger partial charge in [-0.1, -0.05) is 0 Å². The lowest BCUT2D eigenvalue weighted by atomic mass is 10.2. The molecule has 2 aliphatic rings. The molecule has 1 N–H and O–H groups in total. The average Bonchev–Trinajstić information content (AvgIpc) is 2.53. The first-order chi connectivity index (χ1) is 11.3. The van der Waals surface area contributed by atoms with Crippen LogP contribution >= 0.6 is 0 Å². The van der Waals surface area contributed by atoms with Crippen LogP contribution in [0.2, 0.25) is 0 Å². The minimum absolute atomic E-state index is 0.128. The summed E-state index contributed by atoms with van der Waals surface area (Å²) in [5.74, 6) is -1.48. The number of aliphatic carboxylic acids is 1. The van der Waals surface area contributed by atoms with E-state index in [4.69, 9.17) is 19.3 Å². The summed E-state index contributed by atoms with van der Waals surface area (Å²) in [6.07, 6.45) is -0.321. The number of ether oxygens (including phenoxy) is 3. The molecule has 24 heavy (non-hydrogen) atoms. The third-order valence-electron chi connectivity index (χ3n) is 3.73. The molecule has 0 aromatic heterocycles. The molecule has 0 aliphatic carbocycles. The number of morpholine rings is 1. The van der Waals surface area contributed by atoms with E-state index in [-0.39, 0.29) is 32.2 Å². The van der Waals surface area contributed by atoms with Crippen molar-refractivity contribution in [1.29, 1.82) is 0 Å². The molecule has 2 saturated heterocycles. The van der Waals surface area contributed by atoms with Crippen molar-refractivity contribution in [3.05, 3.63) is 0 Å². The maximum Gasteiger partial charge on any atom is 0.318 e. The molecule has 138 valence electrons. The lowest BCUT2D eigenvalue weighted by molar-refractivity contribution is -0.164. The molecular formula is C13H22N2O8S. The molecule has 2 atom stereocenters. The number of hydrogen-bond acceptors (Lipinski definition) is 7. The number of carboxylic acids is 1. The van der Waals surface area contributed by atoms with Crippen LogP contribution in [-0.2, 0) is 33.8 Å². The fourth-order valence-corrected chi connectivity index (χ4v) is 3.34. The van der Waals surface area contributed by atoms with Crippen LogP contribution in [0.5, 0.6) is 0 Å². The van der Waals surface area contributed by atoms with Gasteiger partial charge in [0.25, 0.3) is 5.91 Å². The van der Waals surface area contributed by atoms with Gasteiger partial charge in [0.1, 0.15) is 6.54 Å². The summed E-state index contributed by atoms with van der Waals surface area (Å²) in [6, 6.07) is 0. The molecule has 0 spiro atoms. The molecular weight excluding hydrogens is 344 g/mol. The Hall–Kier alpha value is -1.27. The summed E-state index contributed by atoms with van der Waals surface area (Å²) in [5, 5.41) is 8.85. The Kier molecular flexibility index (Phi) is 6.52. The molecule has 10 nitrogen and oxygen atoms in total. The van der Waals surface area contributed by atoms with E-state index in [0.29, 0.717) is 19.8 Å². The van der Waals surface area contributed by atoms with Crippen molar-refractivity contribution in [1.82, 2.24) is 9.21 Å². The van der Waals surface area contributed by atoms with Crippen LogP contribution in [0.3, 0.4) is 0 Å². The second kappa shape index (κ2) is 8.21. The minimum atomic E-state index is -3.69. The van der Waals surface area contributed by atoms with Gasteiger partial charge in [-0.2, -0.15) is 4.31 Å². The Morgan fingerprint density at radius 2 is 2.00 bits per heavy atom. The van der Waals surface area contributed by atoms with Gasteiger partial charge in [-0.15, -0.1) is 0 Å². The minimum Gasteiger partial charge on any atom is -0.480 e. The van der Waals surface area contributed by atoms with Crippen molar-refractivity contribution in [2.24, 2.45) is 0 Å². The summed E-state index contributed by atoms with van der Waals surface area (Å²) < 4.78 is 40.3. The first kappa shape index (κ1) is 19.1. The van der Waals surface area contributed by atoms with Crippen LogP contribution in [-0.4, -0.2) is 106 Å². The van der Waals surface area contributed by atoms with Gasteiger partial charge in [0, 0.05) is 19.6 Å². The van der Waals surface area contributed by atoms with E-state index in [1.165, 1.54) is 4.90 Å². The predicted octanol–water partition coefficient (Wildman–Crippen LogP) is -2.02. The molecule has 0 bridgehead atoms. The van der Waals surface area contributed by atoms with E-state index in [1.807, 2.05) is 0 Å². The topological polar surface area (TPSA) is 123 Å². The maximum absolute atomic E-state index is 12.4. The quantitative estimate of drug-likeness (QED) is 0.571. The van der Waals surface area contributed by atoms with Crippen molar-refractivity contribution < 1.29 is 37.3 Å². The van der Waals surface area contributed by atoms with E-state index in [1.54, 1.807) is 0 Å². The Morgan fingerprint density at radius 3 is 2.58 bits per heavy atom. The zero-order valence-electron chi connectivity index (χ0n) is 13.4. The van der Waals surface area contributed by atoms with Crippen molar-refractivity contribution in [3.63, 3.8) is 0 Å². The second-order valence-electron chi connectivity index (χ2n) is 5.66. The SMILES string of the molecule is CS(=O)(=O)N(CC(=O)O)CC1CN(C(=O)C2COCCO2)CCO1.